The second kappa shape index (κ2) is 5.21. The summed E-state index contributed by atoms with van der Waals surface area (Å²) in [6.45, 7) is 1.62. The highest BCUT2D eigenvalue weighted by Crippen LogP contribution is 2.24. The van der Waals surface area contributed by atoms with Crippen LogP contribution in [0, 0.1) is 5.92 Å². The van der Waals surface area contributed by atoms with Crippen molar-refractivity contribution in [2.45, 2.75) is 11.3 Å². The van der Waals surface area contributed by atoms with Gasteiger partial charge in [-0.2, -0.15) is 4.31 Å². The van der Waals surface area contributed by atoms with Crippen molar-refractivity contribution in [2.75, 3.05) is 32.5 Å². The number of anilines is 1. The summed E-state index contributed by atoms with van der Waals surface area (Å²) < 4.78 is 31.1. The second-order valence-corrected chi connectivity index (χ2v) is 6.33. The molecule has 0 bridgehead atoms. The molecule has 18 heavy (non-hydrogen) atoms. The maximum Gasteiger partial charge on any atom is 0.244 e. The Morgan fingerprint density at radius 3 is 2.94 bits per heavy atom. The number of hydrogen-bond acceptors (Lipinski definition) is 5. The molecule has 2 heterocycles. The van der Waals surface area contributed by atoms with Crippen LogP contribution in [0.2, 0.25) is 0 Å². The SMILES string of the molecule is COCC1CCN(S(=O)(=O)c2ccc(N)nc2)C1. The Kier molecular flexibility index (Phi) is 3.84. The molecule has 1 aliphatic rings. The van der Waals surface area contributed by atoms with E-state index in [4.69, 9.17) is 10.5 Å². The van der Waals surface area contributed by atoms with Gasteiger partial charge in [0.2, 0.25) is 10.0 Å². The lowest BCUT2D eigenvalue weighted by Crippen LogP contribution is -2.29. The van der Waals surface area contributed by atoms with Crippen LogP contribution in [-0.4, -0.2) is 44.5 Å². The molecule has 0 aliphatic carbocycles. The predicted octanol–water partition coefficient (Wildman–Crippen LogP) is 0.321. The van der Waals surface area contributed by atoms with Crippen LogP contribution in [0.25, 0.3) is 0 Å². The largest absolute Gasteiger partial charge is 0.384 e. The predicted molar refractivity (Wildman–Crippen MR) is 67.4 cm³/mol. The van der Waals surface area contributed by atoms with Crippen LogP contribution in [0.1, 0.15) is 6.42 Å². The van der Waals surface area contributed by atoms with E-state index in [0.29, 0.717) is 25.5 Å². The fraction of sp³-hybridized carbons (Fsp3) is 0.545. The number of hydrogen-bond donors (Lipinski definition) is 1. The Morgan fingerprint density at radius 1 is 1.56 bits per heavy atom. The van der Waals surface area contributed by atoms with Gasteiger partial charge in [-0.25, -0.2) is 13.4 Å². The van der Waals surface area contributed by atoms with Crippen molar-refractivity contribution in [3.05, 3.63) is 18.3 Å². The molecule has 1 fully saturated rings. The maximum atomic E-state index is 12.3. The average molecular weight is 271 g/mol. The van der Waals surface area contributed by atoms with Crippen molar-refractivity contribution in [1.82, 2.24) is 9.29 Å². The molecule has 6 nitrogen and oxygen atoms in total. The zero-order valence-corrected chi connectivity index (χ0v) is 11.1. The van der Waals surface area contributed by atoms with Gasteiger partial charge in [-0.05, 0) is 24.5 Å². The third-order valence-corrected chi connectivity index (χ3v) is 4.90. The van der Waals surface area contributed by atoms with Gasteiger partial charge in [-0.15, -0.1) is 0 Å². The molecule has 1 aromatic rings. The minimum atomic E-state index is -3.45. The van der Waals surface area contributed by atoms with E-state index in [2.05, 4.69) is 4.98 Å². The first-order valence-electron chi connectivity index (χ1n) is 5.74. The minimum Gasteiger partial charge on any atom is -0.384 e. The molecule has 100 valence electrons. The normalized spacial score (nSPS) is 21.3. The molecule has 0 radical (unpaired) electrons. The summed E-state index contributed by atoms with van der Waals surface area (Å²) >= 11 is 0. The summed E-state index contributed by atoms with van der Waals surface area (Å²) in [7, 11) is -1.82. The van der Waals surface area contributed by atoms with Gasteiger partial charge in [0, 0.05) is 26.4 Å². The first-order chi connectivity index (χ1) is 8.54. The number of rotatable bonds is 4. The molecule has 2 rings (SSSR count). The van der Waals surface area contributed by atoms with E-state index in [-0.39, 0.29) is 10.8 Å². The highest BCUT2D eigenvalue weighted by Gasteiger charge is 2.32. The number of nitrogen functional groups attached to an aromatic ring is 1. The molecular formula is C11H17N3O3S. The van der Waals surface area contributed by atoms with Crippen LogP contribution < -0.4 is 5.73 Å². The van der Waals surface area contributed by atoms with Gasteiger partial charge in [0.25, 0.3) is 0 Å². The van der Waals surface area contributed by atoms with Gasteiger partial charge in [-0.1, -0.05) is 0 Å². The van der Waals surface area contributed by atoms with E-state index >= 15 is 0 Å². The van der Waals surface area contributed by atoms with Crippen molar-refractivity contribution in [3.8, 4) is 0 Å². The standard InChI is InChI=1S/C11H17N3O3S/c1-17-8-9-4-5-14(7-9)18(15,16)10-2-3-11(12)13-6-10/h2-3,6,9H,4-5,7-8H2,1H3,(H2,12,13). The molecule has 0 amide bonds. The molecule has 0 saturated carbocycles. The number of nitrogens with zero attached hydrogens (tertiary/aromatic N) is 2. The van der Waals surface area contributed by atoms with Crippen LogP contribution in [0.3, 0.4) is 0 Å². The number of pyridine rings is 1. The minimum absolute atomic E-state index is 0.190. The van der Waals surface area contributed by atoms with E-state index in [0.717, 1.165) is 6.42 Å². The highest BCUT2D eigenvalue weighted by atomic mass is 32.2. The smallest absolute Gasteiger partial charge is 0.244 e. The average Bonchev–Trinajstić information content (AvgIpc) is 2.79. The van der Waals surface area contributed by atoms with Gasteiger partial charge >= 0.3 is 0 Å². The molecule has 7 heteroatoms. The summed E-state index contributed by atoms with van der Waals surface area (Å²) in [5.74, 6) is 0.583. The van der Waals surface area contributed by atoms with Crippen LogP contribution in [0.4, 0.5) is 5.82 Å². The lowest BCUT2D eigenvalue weighted by molar-refractivity contribution is 0.157. The second-order valence-electron chi connectivity index (χ2n) is 4.39. The summed E-state index contributed by atoms with van der Waals surface area (Å²) in [5, 5.41) is 0. The molecule has 2 N–H and O–H groups in total. The van der Waals surface area contributed by atoms with Crippen molar-refractivity contribution in [3.63, 3.8) is 0 Å². The van der Waals surface area contributed by atoms with Gasteiger partial charge in [0.1, 0.15) is 10.7 Å². The van der Waals surface area contributed by atoms with E-state index in [1.54, 1.807) is 7.11 Å². The summed E-state index contributed by atoms with van der Waals surface area (Å²) in [6.07, 6.45) is 2.13. The Morgan fingerprint density at radius 2 is 2.33 bits per heavy atom. The van der Waals surface area contributed by atoms with Gasteiger partial charge in [0.15, 0.2) is 0 Å². The van der Waals surface area contributed by atoms with E-state index < -0.39 is 10.0 Å². The quantitative estimate of drug-likeness (QED) is 0.852. The van der Waals surface area contributed by atoms with Gasteiger partial charge in [0.05, 0.1) is 6.61 Å². The lowest BCUT2D eigenvalue weighted by atomic mass is 10.1. The van der Waals surface area contributed by atoms with Crippen LogP contribution in [0.5, 0.6) is 0 Å². The Hall–Kier alpha value is -1.18. The van der Waals surface area contributed by atoms with Crippen LogP contribution in [0.15, 0.2) is 23.2 Å². The van der Waals surface area contributed by atoms with Crippen molar-refractivity contribution in [2.24, 2.45) is 5.92 Å². The number of nitrogens with two attached hydrogens (primary N) is 1. The zero-order valence-electron chi connectivity index (χ0n) is 10.2. The van der Waals surface area contributed by atoms with E-state index in [9.17, 15) is 8.42 Å². The van der Waals surface area contributed by atoms with Gasteiger partial charge in [-0.3, -0.25) is 0 Å². The van der Waals surface area contributed by atoms with Crippen molar-refractivity contribution < 1.29 is 13.2 Å². The van der Waals surface area contributed by atoms with Crippen LogP contribution >= 0.6 is 0 Å². The van der Waals surface area contributed by atoms with Gasteiger partial charge < -0.3 is 10.5 Å². The molecule has 1 unspecified atom stereocenters. The fourth-order valence-electron chi connectivity index (χ4n) is 2.08. The van der Waals surface area contributed by atoms with E-state index in [1.165, 1.54) is 22.6 Å². The molecule has 1 aromatic heterocycles. The van der Waals surface area contributed by atoms with Crippen molar-refractivity contribution in [1.29, 1.82) is 0 Å². The number of aromatic nitrogens is 1. The van der Waals surface area contributed by atoms with Crippen molar-refractivity contribution >= 4 is 15.8 Å². The maximum absolute atomic E-state index is 12.3. The Balaban J connectivity index is 2.15. The summed E-state index contributed by atoms with van der Waals surface area (Å²) in [5.41, 5.74) is 5.45. The molecule has 1 atom stereocenters. The van der Waals surface area contributed by atoms with Crippen LogP contribution in [-0.2, 0) is 14.8 Å². The fourth-order valence-corrected chi connectivity index (χ4v) is 3.56. The number of methoxy groups -OCH3 is 1. The zero-order chi connectivity index (χ0) is 13.2. The molecule has 0 spiro atoms. The first kappa shape index (κ1) is 13.3. The topological polar surface area (TPSA) is 85.5 Å². The molecule has 1 saturated heterocycles. The monoisotopic (exact) mass is 271 g/mol. The first-order valence-corrected chi connectivity index (χ1v) is 7.18. The third-order valence-electron chi connectivity index (χ3n) is 3.05. The lowest BCUT2D eigenvalue weighted by Gasteiger charge is -2.16. The summed E-state index contributed by atoms with van der Waals surface area (Å²) in [4.78, 5) is 4.01. The Labute approximate surface area is 107 Å². The third kappa shape index (κ3) is 2.63. The van der Waals surface area contributed by atoms with E-state index in [1.807, 2.05) is 0 Å². The molecule has 0 aromatic carbocycles. The molecular weight excluding hydrogens is 254 g/mol. The highest BCUT2D eigenvalue weighted by molar-refractivity contribution is 7.89. The number of ether oxygens (including phenoxy) is 1. The molecule has 1 aliphatic heterocycles. The Bertz CT molecular complexity index is 501. The summed E-state index contributed by atoms with van der Waals surface area (Å²) in [6, 6.07) is 2.98. The number of sulfonamides is 1.